The molecule has 0 bridgehead atoms. The lowest BCUT2D eigenvalue weighted by molar-refractivity contribution is -0.0121. The maximum Gasteiger partial charge on any atom is 0.252 e. The van der Waals surface area contributed by atoms with Gasteiger partial charge in [0.1, 0.15) is 23.5 Å². The summed E-state index contributed by atoms with van der Waals surface area (Å²) in [6.45, 7) is 0. The summed E-state index contributed by atoms with van der Waals surface area (Å²) in [5, 5.41) is 11.2. The predicted octanol–water partition coefficient (Wildman–Crippen LogP) is 3.41. The van der Waals surface area contributed by atoms with Gasteiger partial charge in [-0.15, -0.1) is 0 Å². The van der Waals surface area contributed by atoms with Gasteiger partial charge < -0.3 is 26.2 Å². The van der Waals surface area contributed by atoms with Gasteiger partial charge in [0.05, 0.1) is 18.2 Å². The van der Waals surface area contributed by atoms with Crippen LogP contribution in [0.4, 0.5) is 26.0 Å². The lowest BCUT2D eigenvalue weighted by Crippen LogP contribution is -2.25. The first-order valence-electron chi connectivity index (χ1n) is 8.39. The Bertz CT molecular complexity index is 1050. The molecular weight excluding hydrogens is 354 g/mol. The lowest BCUT2D eigenvalue weighted by atomic mass is 9.93. The second-order valence-corrected chi connectivity index (χ2v) is 6.51. The highest BCUT2D eigenvalue weighted by atomic mass is 19.3. The summed E-state index contributed by atoms with van der Waals surface area (Å²) in [6, 6.07) is 3.25. The van der Waals surface area contributed by atoms with E-state index in [1.54, 1.807) is 12.1 Å². The minimum atomic E-state index is -2.75. The largest absolute Gasteiger partial charge is 0.494 e. The molecule has 5 N–H and O–H groups in total. The molecule has 0 aliphatic heterocycles. The Hall–Kier alpha value is -3.23. The van der Waals surface area contributed by atoms with Crippen LogP contribution < -0.4 is 15.8 Å². The van der Waals surface area contributed by atoms with E-state index in [0.717, 1.165) is 11.9 Å². The molecule has 9 heteroatoms. The molecule has 3 aromatic rings. The molecule has 27 heavy (non-hydrogen) atoms. The fourth-order valence-corrected chi connectivity index (χ4v) is 3.43. The van der Waals surface area contributed by atoms with Crippen LogP contribution in [0, 0.1) is 5.41 Å². The summed E-state index contributed by atoms with van der Waals surface area (Å²) in [6.07, 6.45) is 2.23. The molecule has 7 nitrogen and oxygen atoms in total. The van der Waals surface area contributed by atoms with Gasteiger partial charge in [-0.25, -0.2) is 18.7 Å². The number of hydrogen-bond acceptors (Lipinski definition) is 6. The average Bonchev–Trinajstić information content (AvgIpc) is 3.00. The van der Waals surface area contributed by atoms with Crippen molar-refractivity contribution in [3.8, 4) is 5.75 Å². The number of nitrogens with one attached hydrogen (secondary N) is 3. The quantitative estimate of drug-likeness (QED) is 0.414. The smallest absolute Gasteiger partial charge is 0.252 e. The zero-order chi connectivity index (χ0) is 19.2. The number of ether oxygens (including phenoxy) is 1. The highest BCUT2D eigenvalue weighted by Crippen LogP contribution is 2.40. The number of halogens is 2. The number of hydrogen-bond donors (Lipinski definition) is 4. The topological polar surface area (TPSA) is 113 Å². The molecule has 1 aliphatic carbocycles. The highest BCUT2D eigenvalue weighted by Gasteiger charge is 2.36. The van der Waals surface area contributed by atoms with E-state index in [-0.39, 0.29) is 19.3 Å². The number of H-pyrrole nitrogens is 1. The van der Waals surface area contributed by atoms with E-state index in [2.05, 4.69) is 20.3 Å². The third-order valence-electron chi connectivity index (χ3n) is 4.77. The molecule has 0 spiro atoms. The van der Waals surface area contributed by atoms with Crippen molar-refractivity contribution in [1.82, 2.24) is 15.0 Å². The number of aromatic nitrogens is 3. The van der Waals surface area contributed by atoms with Gasteiger partial charge in [-0.1, -0.05) is 0 Å². The van der Waals surface area contributed by atoms with Gasteiger partial charge in [-0.05, 0) is 18.1 Å². The van der Waals surface area contributed by atoms with Crippen LogP contribution in [-0.4, -0.2) is 34.2 Å². The summed E-state index contributed by atoms with van der Waals surface area (Å²) in [4.78, 5) is 11.6. The zero-order valence-corrected chi connectivity index (χ0v) is 14.6. The highest BCUT2D eigenvalue weighted by molar-refractivity contribution is 5.95. The SMILES string of the molecule is COc1cc(N)c(C=N)cc1Nc1ncnc2[nH]c3c(c12)CC(F)(F)CC3. The number of methoxy groups -OCH3 is 1. The maximum absolute atomic E-state index is 14.0. The lowest BCUT2D eigenvalue weighted by Gasteiger charge is -2.22. The van der Waals surface area contributed by atoms with Gasteiger partial charge in [0.2, 0.25) is 0 Å². The van der Waals surface area contributed by atoms with Crippen molar-refractivity contribution in [2.75, 3.05) is 18.2 Å². The number of alkyl halides is 2. The third-order valence-corrected chi connectivity index (χ3v) is 4.77. The van der Waals surface area contributed by atoms with Crippen LogP contribution in [0.1, 0.15) is 23.2 Å². The van der Waals surface area contributed by atoms with Crippen LogP contribution in [0.3, 0.4) is 0 Å². The summed E-state index contributed by atoms with van der Waals surface area (Å²) < 4.78 is 33.3. The maximum atomic E-state index is 14.0. The standard InChI is InChI=1S/C18H18F2N6O/c1-27-14-5-11(22)9(7-21)4-13(14)26-17-15-10-6-18(19,20)3-2-12(10)25-16(15)23-8-24-17/h4-5,7-8,21H,2-3,6,22H2,1H3,(H2,23,24,25,26). The number of nitrogens with two attached hydrogens (primary N) is 1. The molecule has 1 aliphatic rings. The Balaban J connectivity index is 1.84. The number of nitrogen functional groups attached to an aromatic ring is 1. The second kappa shape index (κ2) is 6.19. The van der Waals surface area contributed by atoms with Crippen LogP contribution in [0.2, 0.25) is 0 Å². The molecule has 4 rings (SSSR count). The van der Waals surface area contributed by atoms with E-state index in [1.165, 1.54) is 13.4 Å². The minimum absolute atomic E-state index is 0.183. The van der Waals surface area contributed by atoms with E-state index < -0.39 is 5.92 Å². The Labute approximate surface area is 153 Å². The summed E-state index contributed by atoms with van der Waals surface area (Å²) in [5.41, 5.74) is 9.14. The number of nitrogens with zero attached hydrogens (tertiary/aromatic N) is 2. The van der Waals surface area contributed by atoms with Gasteiger partial charge >= 0.3 is 0 Å². The van der Waals surface area contributed by atoms with E-state index in [1.807, 2.05) is 0 Å². The van der Waals surface area contributed by atoms with Crippen molar-refractivity contribution >= 4 is 34.4 Å². The second-order valence-electron chi connectivity index (χ2n) is 6.51. The molecule has 0 amide bonds. The molecule has 0 radical (unpaired) electrons. The number of benzene rings is 1. The van der Waals surface area contributed by atoms with E-state index in [0.29, 0.717) is 45.1 Å². The molecule has 0 fully saturated rings. The van der Waals surface area contributed by atoms with Gasteiger partial charge in [0, 0.05) is 42.1 Å². The monoisotopic (exact) mass is 372 g/mol. The Morgan fingerprint density at radius 1 is 1.37 bits per heavy atom. The number of rotatable bonds is 4. The first-order valence-corrected chi connectivity index (χ1v) is 8.39. The summed E-state index contributed by atoms with van der Waals surface area (Å²) in [7, 11) is 1.50. The summed E-state index contributed by atoms with van der Waals surface area (Å²) in [5.74, 6) is -1.89. The van der Waals surface area contributed by atoms with Crippen molar-refractivity contribution in [1.29, 1.82) is 5.41 Å². The Morgan fingerprint density at radius 3 is 2.93 bits per heavy atom. The van der Waals surface area contributed by atoms with Gasteiger partial charge in [-0.2, -0.15) is 0 Å². The van der Waals surface area contributed by atoms with Crippen molar-refractivity contribution in [2.45, 2.75) is 25.2 Å². The Kier molecular flexibility index (Phi) is 3.94. The number of anilines is 3. The minimum Gasteiger partial charge on any atom is -0.494 e. The zero-order valence-electron chi connectivity index (χ0n) is 14.6. The number of fused-ring (bicyclic) bond motifs is 3. The van der Waals surface area contributed by atoms with Gasteiger partial charge in [0.25, 0.3) is 5.92 Å². The molecule has 2 aromatic heterocycles. The molecule has 0 atom stereocenters. The van der Waals surface area contributed by atoms with Crippen molar-refractivity contribution in [3.05, 3.63) is 35.3 Å². The van der Waals surface area contributed by atoms with E-state index in [9.17, 15) is 8.78 Å². The molecule has 0 unspecified atom stereocenters. The van der Waals surface area contributed by atoms with Crippen molar-refractivity contribution in [3.63, 3.8) is 0 Å². The van der Waals surface area contributed by atoms with Crippen molar-refractivity contribution < 1.29 is 13.5 Å². The van der Waals surface area contributed by atoms with Crippen LogP contribution >= 0.6 is 0 Å². The van der Waals surface area contributed by atoms with Gasteiger partial charge in [-0.3, -0.25) is 0 Å². The normalized spacial score (nSPS) is 15.4. The predicted molar refractivity (Wildman–Crippen MR) is 99.4 cm³/mol. The van der Waals surface area contributed by atoms with Crippen LogP contribution in [-0.2, 0) is 12.8 Å². The molecule has 2 heterocycles. The number of aromatic amines is 1. The van der Waals surface area contributed by atoms with Gasteiger partial charge in [0.15, 0.2) is 0 Å². The molecule has 140 valence electrons. The summed E-state index contributed by atoms with van der Waals surface area (Å²) >= 11 is 0. The molecule has 0 saturated carbocycles. The van der Waals surface area contributed by atoms with Crippen LogP contribution in [0.5, 0.6) is 5.75 Å². The first-order chi connectivity index (χ1) is 12.9. The first kappa shape index (κ1) is 17.2. The van der Waals surface area contributed by atoms with E-state index >= 15 is 0 Å². The number of aryl methyl sites for hydroxylation is 1. The fourth-order valence-electron chi connectivity index (χ4n) is 3.43. The molecule has 0 saturated heterocycles. The van der Waals surface area contributed by atoms with E-state index in [4.69, 9.17) is 15.9 Å². The third kappa shape index (κ3) is 2.94. The van der Waals surface area contributed by atoms with Crippen LogP contribution in [0.15, 0.2) is 18.5 Å². The van der Waals surface area contributed by atoms with Crippen molar-refractivity contribution in [2.24, 2.45) is 0 Å². The average molecular weight is 372 g/mol. The molecule has 1 aromatic carbocycles. The van der Waals surface area contributed by atoms with Crippen LogP contribution in [0.25, 0.3) is 11.0 Å². The molecular formula is C18H18F2N6O. The Morgan fingerprint density at radius 2 is 2.19 bits per heavy atom. The fraction of sp³-hybridized carbons (Fsp3) is 0.278.